The molecule has 1 fully saturated rings. The predicted octanol–water partition coefficient (Wildman–Crippen LogP) is -0.128. The molecule has 0 spiro atoms. The maximum atomic E-state index is 3.87. The topological polar surface area (TPSA) is 26.1 Å². The van der Waals surface area contributed by atoms with Crippen molar-refractivity contribution in [3.05, 3.63) is 0 Å². The Kier molecular flexibility index (Phi) is 1.45. The van der Waals surface area contributed by atoms with Gasteiger partial charge in [0.1, 0.15) is 0 Å². The number of halogens is 1. The van der Waals surface area contributed by atoms with Crippen LogP contribution < -0.4 is 10.9 Å². The highest BCUT2D eigenvalue weighted by atomic mass is 79.9. The number of alkyl halides is 1. The van der Waals surface area contributed by atoms with Crippen molar-refractivity contribution >= 4 is 15.9 Å². The lowest BCUT2D eigenvalue weighted by molar-refractivity contribution is 0.673. The van der Waals surface area contributed by atoms with Crippen LogP contribution in [0.1, 0.15) is 0 Å². The van der Waals surface area contributed by atoms with E-state index in [1.165, 1.54) is 0 Å². The molecule has 1 radical (unpaired) electrons. The summed E-state index contributed by atoms with van der Waals surface area (Å²) < 4.78 is 0. The maximum Gasteiger partial charge on any atom is 0.0442 e. The fourth-order valence-electron chi connectivity index (χ4n) is 0.392. The van der Waals surface area contributed by atoms with Gasteiger partial charge in [-0.3, -0.25) is 0 Å². The third kappa shape index (κ3) is 0.929. The van der Waals surface area contributed by atoms with E-state index < -0.39 is 0 Å². The van der Waals surface area contributed by atoms with Crippen molar-refractivity contribution in [3.63, 3.8) is 0 Å². The third-order valence-corrected chi connectivity index (χ3v) is 1.33. The molecular formula is C3H6BrN2. The van der Waals surface area contributed by atoms with Crippen LogP contribution in [-0.4, -0.2) is 17.9 Å². The van der Waals surface area contributed by atoms with Crippen LogP contribution in [-0.2, 0) is 0 Å². The fraction of sp³-hybridized carbons (Fsp3) is 1.00. The zero-order valence-electron chi connectivity index (χ0n) is 3.32. The zero-order chi connectivity index (χ0) is 4.41. The van der Waals surface area contributed by atoms with Crippen LogP contribution in [0.3, 0.4) is 0 Å². The summed E-state index contributed by atoms with van der Waals surface area (Å²) in [6, 6.07) is 0. The standard InChI is InChI=1S/C3H6BrN2/c4-3-1-5-6-2-3/h3,5H,1-2H2. The first-order chi connectivity index (χ1) is 2.89. The number of hydrogen-bond donors (Lipinski definition) is 1. The van der Waals surface area contributed by atoms with Gasteiger partial charge < -0.3 is 0 Å². The molecule has 0 aromatic heterocycles. The lowest BCUT2D eigenvalue weighted by Gasteiger charge is -1.85. The minimum atomic E-state index is 0.581. The average Bonchev–Trinajstić information content (AvgIpc) is 1.86. The normalized spacial score (nSPS) is 25.5. The molecule has 0 aliphatic carbocycles. The van der Waals surface area contributed by atoms with Crippen molar-refractivity contribution in [3.8, 4) is 0 Å². The van der Waals surface area contributed by atoms with Gasteiger partial charge in [0, 0.05) is 17.9 Å². The third-order valence-electron chi connectivity index (χ3n) is 0.714. The van der Waals surface area contributed by atoms with E-state index in [-0.39, 0.29) is 0 Å². The lowest BCUT2D eigenvalue weighted by Crippen LogP contribution is -2.13. The molecule has 1 atom stereocenters. The molecule has 1 N–H and O–H groups in total. The molecule has 1 aliphatic heterocycles. The maximum absolute atomic E-state index is 3.87. The number of nitrogens with one attached hydrogen (secondary N) is 1. The Hall–Kier alpha value is 0.400. The van der Waals surface area contributed by atoms with Gasteiger partial charge in [-0.15, -0.1) is 0 Å². The predicted molar refractivity (Wildman–Crippen MR) is 27.7 cm³/mol. The van der Waals surface area contributed by atoms with Crippen LogP contribution in [0.15, 0.2) is 0 Å². The molecule has 2 nitrogen and oxygen atoms in total. The SMILES string of the molecule is BrC1C[N]NC1. The number of hydrogen-bond acceptors (Lipinski definition) is 1. The molecule has 1 unspecified atom stereocenters. The van der Waals surface area contributed by atoms with Gasteiger partial charge in [-0.25, -0.2) is 5.43 Å². The van der Waals surface area contributed by atoms with E-state index in [1.54, 1.807) is 0 Å². The number of nitrogens with zero attached hydrogens (tertiary/aromatic N) is 1. The molecule has 6 heavy (non-hydrogen) atoms. The Labute approximate surface area is 45.4 Å². The second kappa shape index (κ2) is 1.91. The summed E-state index contributed by atoms with van der Waals surface area (Å²) in [4.78, 5) is 0.581. The summed E-state index contributed by atoms with van der Waals surface area (Å²) in [5.41, 5.74) is 6.72. The molecule has 1 aliphatic rings. The van der Waals surface area contributed by atoms with Crippen molar-refractivity contribution in [2.24, 2.45) is 0 Å². The Morgan fingerprint density at radius 3 is 2.83 bits per heavy atom. The fourth-order valence-corrected chi connectivity index (χ4v) is 0.681. The summed E-state index contributed by atoms with van der Waals surface area (Å²) in [6.07, 6.45) is 0. The van der Waals surface area contributed by atoms with Crippen LogP contribution in [0.5, 0.6) is 0 Å². The average molecular weight is 150 g/mol. The van der Waals surface area contributed by atoms with Gasteiger partial charge >= 0.3 is 0 Å². The second-order valence-corrected chi connectivity index (χ2v) is 2.60. The highest BCUT2D eigenvalue weighted by Crippen LogP contribution is 1.98. The first-order valence-corrected chi connectivity index (χ1v) is 2.84. The highest BCUT2D eigenvalue weighted by Gasteiger charge is 2.09. The van der Waals surface area contributed by atoms with E-state index in [2.05, 4.69) is 26.8 Å². The molecule has 0 aromatic rings. The van der Waals surface area contributed by atoms with Crippen LogP contribution in [0, 0.1) is 0 Å². The van der Waals surface area contributed by atoms with Crippen molar-refractivity contribution < 1.29 is 0 Å². The molecule has 1 saturated heterocycles. The first-order valence-electron chi connectivity index (χ1n) is 1.93. The summed E-state index contributed by atoms with van der Waals surface area (Å²) in [5.74, 6) is 0. The molecule has 0 amide bonds. The van der Waals surface area contributed by atoms with Gasteiger partial charge in [-0.2, -0.15) is 5.43 Å². The van der Waals surface area contributed by atoms with Crippen LogP contribution in [0.4, 0.5) is 0 Å². The largest absolute Gasteiger partial charge is 0.239 e. The van der Waals surface area contributed by atoms with Crippen molar-refractivity contribution in [1.29, 1.82) is 0 Å². The van der Waals surface area contributed by atoms with Crippen LogP contribution in [0.25, 0.3) is 0 Å². The highest BCUT2D eigenvalue weighted by molar-refractivity contribution is 9.09. The molecule has 3 heteroatoms. The van der Waals surface area contributed by atoms with Gasteiger partial charge in [0.2, 0.25) is 0 Å². The Bertz CT molecular complexity index is 42.1. The van der Waals surface area contributed by atoms with Crippen molar-refractivity contribution in [1.82, 2.24) is 10.9 Å². The molecular weight excluding hydrogens is 144 g/mol. The van der Waals surface area contributed by atoms with Crippen LogP contribution >= 0.6 is 15.9 Å². The van der Waals surface area contributed by atoms with E-state index in [0.29, 0.717) is 4.83 Å². The summed E-state index contributed by atoms with van der Waals surface area (Å²) >= 11 is 3.38. The Morgan fingerprint density at radius 2 is 2.67 bits per heavy atom. The second-order valence-electron chi connectivity index (χ2n) is 1.30. The monoisotopic (exact) mass is 149 g/mol. The minimum Gasteiger partial charge on any atom is -0.239 e. The van der Waals surface area contributed by atoms with Gasteiger partial charge in [-0.05, 0) is 0 Å². The minimum absolute atomic E-state index is 0.581. The van der Waals surface area contributed by atoms with Gasteiger partial charge in [-0.1, -0.05) is 15.9 Å². The summed E-state index contributed by atoms with van der Waals surface area (Å²) in [5, 5.41) is 0. The molecule has 1 heterocycles. The number of rotatable bonds is 0. The molecule has 0 saturated carbocycles. The van der Waals surface area contributed by atoms with Crippen LogP contribution in [0.2, 0.25) is 0 Å². The first kappa shape index (κ1) is 4.56. The van der Waals surface area contributed by atoms with E-state index >= 15 is 0 Å². The van der Waals surface area contributed by atoms with E-state index in [0.717, 1.165) is 13.1 Å². The van der Waals surface area contributed by atoms with E-state index in [9.17, 15) is 0 Å². The molecule has 35 valence electrons. The lowest BCUT2D eigenvalue weighted by atomic mass is 10.5. The summed E-state index contributed by atoms with van der Waals surface area (Å²) in [6.45, 7) is 1.90. The van der Waals surface area contributed by atoms with E-state index in [4.69, 9.17) is 0 Å². The molecule has 0 bridgehead atoms. The Morgan fingerprint density at radius 1 is 1.83 bits per heavy atom. The summed E-state index contributed by atoms with van der Waals surface area (Å²) in [7, 11) is 0. The van der Waals surface area contributed by atoms with Gasteiger partial charge in [0.05, 0.1) is 0 Å². The molecule has 0 aromatic carbocycles. The van der Waals surface area contributed by atoms with E-state index in [1.807, 2.05) is 0 Å². The van der Waals surface area contributed by atoms with Crippen molar-refractivity contribution in [2.45, 2.75) is 4.83 Å². The van der Waals surface area contributed by atoms with Gasteiger partial charge in [0.25, 0.3) is 0 Å². The Balaban J connectivity index is 2.18. The quantitative estimate of drug-likeness (QED) is 0.478. The van der Waals surface area contributed by atoms with Crippen molar-refractivity contribution in [2.75, 3.05) is 13.1 Å². The zero-order valence-corrected chi connectivity index (χ0v) is 4.90. The smallest absolute Gasteiger partial charge is 0.0442 e. The van der Waals surface area contributed by atoms with Gasteiger partial charge in [0.15, 0.2) is 0 Å². The molecule has 1 rings (SSSR count).